The lowest BCUT2D eigenvalue weighted by Crippen LogP contribution is -2.48. The second-order valence-electron chi connectivity index (χ2n) is 15.0. The maximum atomic E-state index is 13.1. The van der Waals surface area contributed by atoms with Gasteiger partial charge in [0.05, 0.1) is 40.2 Å². The van der Waals surface area contributed by atoms with Gasteiger partial charge in [-0.2, -0.15) is 20.7 Å². The van der Waals surface area contributed by atoms with Crippen molar-refractivity contribution in [1.29, 1.82) is 10.5 Å². The van der Waals surface area contributed by atoms with E-state index < -0.39 is 5.97 Å². The summed E-state index contributed by atoms with van der Waals surface area (Å²) in [6, 6.07) is 27.2. The fourth-order valence-electron chi connectivity index (χ4n) is 7.16. The van der Waals surface area contributed by atoms with Crippen LogP contribution in [0.15, 0.2) is 72.8 Å². The minimum Gasteiger partial charge on any atom is -0.478 e. The largest absolute Gasteiger partial charge is 0.478 e. The van der Waals surface area contributed by atoms with Gasteiger partial charge in [-0.25, -0.2) is 4.79 Å². The van der Waals surface area contributed by atoms with Crippen LogP contribution in [0.3, 0.4) is 0 Å². The standard InChI is InChI=1S/C23H21ClN4O.C13H13ClN2O2.C10H10N2.ClH/c1-13-8-14(2)20(9-19(13)21-15(3)22(24)27-26-21)23(29)28-11-18(12-28)17-6-4-16(10-25)5-7-17;1-6-4-7(2)10(13(17)18)5-9(6)11-8(3)12(14)16-15-11;11-5-8-1-3-9(4-2-8)10-6-12-7-10;/h4-9,18H,11-12H2,1-3H3,(H,26,27);4-5H,1-3H3,(H,15,16)(H,17,18);1-4,10,12H,6-7H2;1H. The van der Waals surface area contributed by atoms with E-state index in [0.29, 0.717) is 52.1 Å². The number of nitrogens with zero attached hydrogens (tertiary/aromatic N) is 5. The number of likely N-dealkylation sites (tertiary alicyclic amines) is 1. The van der Waals surface area contributed by atoms with E-state index >= 15 is 0 Å². The highest BCUT2D eigenvalue weighted by molar-refractivity contribution is 6.30. The van der Waals surface area contributed by atoms with Gasteiger partial charge >= 0.3 is 5.97 Å². The van der Waals surface area contributed by atoms with Crippen LogP contribution in [0.4, 0.5) is 0 Å². The number of amides is 1. The van der Waals surface area contributed by atoms with Gasteiger partial charge in [0.1, 0.15) is 10.3 Å². The molecule has 0 aliphatic carbocycles. The van der Waals surface area contributed by atoms with Crippen LogP contribution in [-0.2, 0) is 0 Å². The quantitative estimate of drug-likeness (QED) is 0.128. The lowest BCUT2D eigenvalue weighted by Gasteiger charge is -2.40. The smallest absolute Gasteiger partial charge is 0.335 e. The van der Waals surface area contributed by atoms with Crippen molar-refractivity contribution in [2.75, 3.05) is 26.2 Å². The van der Waals surface area contributed by atoms with Gasteiger partial charge in [0, 0.05) is 65.8 Å². The molecule has 4 N–H and O–H groups in total. The minimum absolute atomic E-state index is 0. The molecule has 1 amide bonds. The third kappa shape index (κ3) is 9.73. The average Bonchev–Trinajstić information content (AvgIpc) is 3.69. The summed E-state index contributed by atoms with van der Waals surface area (Å²) in [6.45, 7) is 15.0. The molecule has 2 fully saturated rings. The Morgan fingerprint density at radius 1 is 0.667 bits per heavy atom. The van der Waals surface area contributed by atoms with Crippen molar-refractivity contribution in [2.24, 2.45) is 0 Å². The van der Waals surface area contributed by atoms with E-state index in [0.717, 1.165) is 74.4 Å². The van der Waals surface area contributed by atoms with Crippen molar-refractivity contribution >= 4 is 47.5 Å². The minimum atomic E-state index is -0.937. The van der Waals surface area contributed by atoms with E-state index in [4.69, 9.17) is 38.8 Å². The molecule has 4 heterocycles. The molecule has 0 unspecified atom stereocenters. The summed E-state index contributed by atoms with van der Waals surface area (Å²) in [5, 5.41) is 44.8. The summed E-state index contributed by atoms with van der Waals surface area (Å²) in [4.78, 5) is 26.2. The number of H-pyrrole nitrogens is 2. The van der Waals surface area contributed by atoms with E-state index in [1.807, 2.05) is 106 Å². The molecule has 0 spiro atoms. The van der Waals surface area contributed by atoms with E-state index in [1.54, 1.807) is 13.0 Å². The van der Waals surface area contributed by atoms with Crippen LogP contribution >= 0.6 is 35.6 Å². The summed E-state index contributed by atoms with van der Waals surface area (Å²) in [5.74, 6) is 0.0722. The van der Waals surface area contributed by atoms with Gasteiger partial charge in [-0.05, 0) is 111 Å². The molecule has 14 heteroatoms. The number of nitrogens with one attached hydrogen (secondary N) is 3. The Hall–Kier alpha value is -5.95. The lowest BCUT2D eigenvalue weighted by molar-refractivity contribution is 0.0601. The van der Waals surface area contributed by atoms with Gasteiger partial charge in [-0.15, -0.1) is 12.4 Å². The Labute approximate surface area is 365 Å². The van der Waals surface area contributed by atoms with Gasteiger partial charge in [0.25, 0.3) is 5.91 Å². The molecule has 0 saturated carbocycles. The van der Waals surface area contributed by atoms with Crippen LogP contribution in [0, 0.1) is 64.2 Å². The third-order valence-electron chi connectivity index (χ3n) is 11.0. The predicted octanol–water partition coefficient (Wildman–Crippen LogP) is 9.79. The molecule has 4 aromatic carbocycles. The molecule has 2 aromatic heterocycles. The Morgan fingerprint density at radius 2 is 1.08 bits per heavy atom. The maximum absolute atomic E-state index is 13.1. The first kappa shape index (κ1) is 45.1. The number of aromatic carboxylic acids is 1. The van der Waals surface area contributed by atoms with Gasteiger partial charge in [-0.3, -0.25) is 15.0 Å². The summed E-state index contributed by atoms with van der Waals surface area (Å²) in [6.07, 6.45) is 0. The summed E-state index contributed by atoms with van der Waals surface area (Å²) >= 11 is 12.1. The molecule has 308 valence electrons. The van der Waals surface area contributed by atoms with Crippen LogP contribution in [0.25, 0.3) is 22.5 Å². The molecule has 2 aliphatic rings. The van der Waals surface area contributed by atoms with Crippen molar-refractivity contribution in [3.63, 3.8) is 0 Å². The number of carbonyl (C=O) groups excluding carboxylic acids is 1. The number of halogens is 3. The summed E-state index contributed by atoms with van der Waals surface area (Å²) in [5.41, 5.74) is 13.5. The second-order valence-corrected chi connectivity index (χ2v) is 15.8. The Balaban J connectivity index is 0.000000187. The van der Waals surface area contributed by atoms with Crippen LogP contribution in [0.5, 0.6) is 0 Å². The SMILES string of the molecule is Cc1cc(C)c(-c2n[nH]c(Cl)c2C)cc1C(=O)N1CC(c2ccc(C#N)cc2)C1.Cc1cc(C)c(-c2n[nH]c(Cl)c2C)cc1C(=O)O.Cl.N#Cc1ccc(C2CNC2)cc1. The Morgan fingerprint density at radius 3 is 1.45 bits per heavy atom. The van der Waals surface area contributed by atoms with Crippen LogP contribution in [0.1, 0.15) is 88.2 Å². The normalized spacial score (nSPS) is 13.2. The molecule has 0 bridgehead atoms. The monoisotopic (exact) mass is 862 g/mol. The van der Waals surface area contributed by atoms with Crippen molar-refractivity contribution < 1.29 is 14.7 Å². The van der Waals surface area contributed by atoms with Crippen molar-refractivity contribution in [3.05, 3.63) is 150 Å². The number of nitriles is 2. The average molecular weight is 864 g/mol. The van der Waals surface area contributed by atoms with Crippen LogP contribution in [-0.4, -0.2) is 68.5 Å². The van der Waals surface area contributed by atoms with Gasteiger partial charge in [0.2, 0.25) is 0 Å². The highest BCUT2D eigenvalue weighted by Gasteiger charge is 2.33. The first-order valence-corrected chi connectivity index (χ1v) is 19.8. The molecule has 11 nitrogen and oxygen atoms in total. The fourth-order valence-corrected chi connectivity index (χ4v) is 7.43. The van der Waals surface area contributed by atoms with E-state index in [-0.39, 0.29) is 23.9 Å². The Kier molecular flexibility index (Phi) is 14.6. The van der Waals surface area contributed by atoms with Crippen LogP contribution < -0.4 is 5.32 Å². The molecule has 2 saturated heterocycles. The Bertz CT molecular complexity index is 2610. The number of aryl methyl sites for hydroxylation is 4. The molecular formula is C46H45Cl3N8O3. The predicted molar refractivity (Wildman–Crippen MR) is 237 cm³/mol. The van der Waals surface area contributed by atoms with Gasteiger partial charge < -0.3 is 15.3 Å². The number of hydrogen-bond donors (Lipinski definition) is 4. The highest BCUT2D eigenvalue weighted by Crippen LogP contribution is 2.34. The molecule has 6 aromatic rings. The topological polar surface area (TPSA) is 175 Å². The van der Waals surface area contributed by atoms with Crippen LogP contribution in [0.2, 0.25) is 10.3 Å². The number of rotatable bonds is 6. The number of carboxylic acid groups (broad SMARTS) is 1. The van der Waals surface area contributed by atoms with Crippen molar-refractivity contribution in [1.82, 2.24) is 30.6 Å². The highest BCUT2D eigenvalue weighted by atomic mass is 35.5. The zero-order valence-corrected chi connectivity index (χ0v) is 36.4. The number of benzene rings is 4. The second kappa shape index (κ2) is 19.4. The number of aromatic nitrogens is 4. The molecule has 2 aliphatic heterocycles. The first-order valence-electron chi connectivity index (χ1n) is 19.1. The molecule has 0 atom stereocenters. The first-order chi connectivity index (χ1) is 28.2. The lowest BCUT2D eigenvalue weighted by atomic mass is 9.89. The van der Waals surface area contributed by atoms with Crippen molar-refractivity contribution in [3.8, 4) is 34.7 Å². The van der Waals surface area contributed by atoms with E-state index in [2.05, 4.69) is 37.8 Å². The number of hydrogen-bond acceptors (Lipinski definition) is 7. The number of carbonyl (C=O) groups is 2. The van der Waals surface area contributed by atoms with E-state index in [9.17, 15) is 9.59 Å². The zero-order valence-electron chi connectivity index (χ0n) is 34.1. The number of carboxylic acids is 1. The summed E-state index contributed by atoms with van der Waals surface area (Å²) < 4.78 is 0. The molecule has 8 rings (SSSR count). The molecule has 60 heavy (non-hydrogen) atoms. The molecule has 0 radical (unpaired) electrons. The van der Waals surface area contributed by atoms with Gasteiger partial charge in [-0.1, -0.05) is 59.6 Å². The van der Waals surface area contributed by atoms with Gasteiger partial charge in [0.15, 0.2) is 0 Å². The zero-order chi connectivity index (χ0) is 42.5. The number of aromatic amines is 2. The van der Waals surface area contributed by atoms with E-state index in [1.165, 1.54) is 5.56 Å². The summed E-state index contributed by atoms with van der Waals surface area (Å²) in [7, 11) is 0. The maximum Gasteiger partial charge on any atom is 0.335 e. The third-order valence-corrected chi connectivity index (χ3v) is 11.7. The molecular weight excluding hydrogens is 819 g/mol. The fraction of sp³-hybridized carbons (Fsp3) is 0.261. The van der Waals surface area contributed by atoms with Crippen molar-refractivity contribution in [2.45, 2.75) is 53.4 Å².